The van der Waals surface area contributed by atoms with Gasteiger partial charge >= 0.3 is 0 Å². The molecule has 28 heavy (non-hydrogen) atoms. The van der Waals surface area contributed by atoms with E-state index in [1.54, 1.807) is 0 Å². The minimum absolute atomic E-state index is 0. The van der Waals surface area contributed by atoms with Crippen molar-refractivity contribution in [3.63, 3.8) is 0 Å². The first-order valence-corrected chi connectivity index (χ1v) is 12.2. The van der Waals surface area contributed by atoms with Gasteiger partial charge in [-0.25, -0.2) is 8.42 Å². The largest absolute Gasteiger partial charge is 0.357 e. The predicted octanol–water partition coefficient (Wildman–Crippen LogP) is 4.15. The molecule has 1 fully saturated rings. The molecular weight excluding hydrogens is 509 g/mol. The molecule has 5 nitrogen and oxygen atoms in total. The Morgan fingerprint density at radius 3 is 2.39 bits per heavy atom. The second-order valence-corrected chi connectivity index (χ2v) is 10.3. The van der Waals surface area contributed by atoms with Gasteiger partial charge in [0.1, 0.15) is 9.84 Å². The molecule has 0 bridgehead atoms. The smallest absolute Gasteiger partial charge is 0.191 e. The van der Waals surface area contributed by atoms with E-state index in [4.69, 9.17) is 16.6 Å². The Bertz CT molecular complexity index is 732. The lowest BCUT2D eigenvalue weighted by molar-refractivity contribution is 0.452. The Balaban J connectivity index is 0.00000392. The lowest BCUT2D eigenvalue weighted by Gasteiger charge is -2.29. The standard InChI is InChI=1S/C20H32ClN3O2S.HI/c1-4-22-19(24-16(2)11-14-27(3,25)26)23-15-20(12-5-6-13-20)17-7-9-18(21)10-8-17;/h7-10,16H,4-6,11-15H2,1-3H3,(H2,22,23,24);1H. The van der Waals surface area contributed by atoms with Crippen LogP contribution in [-0.4, -0.2) is 45.5 Å². The molecule has 0 aliphatic heterocycles. The van der Waals surface area contributed by atoms with E-state index in [0.29, 0.717) is 13.0 Å². The van der Waals surface area contributed by atoms with Crippen LogP contribution in [0.4, 0.5) is 0 Å². The highest BCUT2D eigenvalue weighted by Gasteiger charge is 2.35. The van der Waals surface area contributed by atoms with E-state index < -0.39 is 9.84 Å². The molecule has 1 aromatic carbocycles. The van der Waals surface area contributed by atoms with Gasteiger partial charge in [0.15, 0.2) is 5.96 Å². The van der Waals surface area contributed by atoms with Crippen molar-refractivity contribution in [2.75, 3.05) is 25.1 Å². The fourth-order valence-electron chi connectivity index (χ4n) is 3.64. The van der Waals surface area contributed by atoms with Gasteiger partial charge in [0.05, 0.1) is 12.3 Å². The van der Waals surface area contributed by atoms with Crippen molar-refractivity contribution in [3.8, 4) is 0 Å². The van der Waals surface area contributed by atoms with Crippen LogP contribution in [0.15, 0.2) is 29.3 Å². The molecule has 0 saturated heterocycles. The van der Waals surface area contributed by atoms with Crippen molar-refractivity contribution in [2.45, 2.75) is 57.4 Å². The number of guanidine groups is 1. The molecule has 0 radical (unpaired) electrons. The third-order valence-corrected chi connectivity index (χ3v) is 6.44. The maximum Gasteiger partial charge on any atom is 0.191 e. The summed E-state index contributed by atoms with van der Waals surface area (Å²) in [5, 5.41) is 7.38. The SMILES string of the molecule is CCNC(=NCC1(c2ccc(Cl)cc2)CCCC1)NC(C)CCS(C)(=O)=O.I. The molecule has 0 amide bonds. The Morgan fingerprint density at radius 1 is 1.25 bits per heavy atom. The van der Waals surface area contributed by atoms with Gasteiger partial charge in [0.25, 0.3) is 0 Å². The van der Waals surface area contributed by atoms with E-state index in [9.17, 15) is 8.42 Å². The van der Waals surface area contributed by atoms with Gasteiger partial charge in [-0.1, -0.05) is 36.6 Å². The molecule has 0 aromatic heterocycles. The fraction of sp³-hybridized carbons (Fsp3) is 0.650. The zero-order valence-electron chi connectivity index (χ0n) is 17.0. The molecule has 2 rings (SSSR count). The van der Waals surface area contributed by atoms with Crippen LogP contribution in [0, 0.1) is 0 Å². The van der Waals surface area contributed by atoms with Crippen LogP contribution in [0.25, 0.3) is 0 Å². The Hall–Kier alpha value is -0.540. The number of rotatable bonds is 8. The Morgan fingerprint density at radius 2 is 1.86 bits per heavy atom. The number of halogens is 2. The highest BCUT2D eigenvalue weighted by molar-refractivity contribution is 14.0. The van der Waals surface area contributed by atoms with Crippen molar-refractivity contribution in [1.82, 2.24) is 10.6 Å². The highest BCUT2D eigenvalue weighted by Crippen LogP contribution is 2.41. The zero-order chi connectivity index (χ0) is 19.9. The second-order valence-electron chi connectivity index (χ2n) is 7.65. The minimum Gasteiger partial charge on any atom is -0.357 e. The highest BCUT2D eigenvalue weighted by atomic mass is 127. The molecule has 1 atom stereocenters. The molecule has 0 heterocycles. The van der Waals surface area contributed by atoms with Crippen LogP contribution in [0.5, 0.6) is 0 Å². The summed E-state index contributed by atoms with van der Waals surface area (Å²) >= 11 is 6.06. The van der Waals surface area contributed by atoms with Crippen molar-refractivity contribution in [2.24, 2.45) is 4.99 Å². The van der Waals surface area contributed by atoms with Crippen LogP contribution in [-0.2, 0) is 15.3 Å². The molecule has 1 saturated carbocycles. The molecular formula is C20H33ClIN3O2S. The molecule has 8 heteroatoms. The van der Waals surface area contributed by atoms with E-state index in [0.717, 1.165) is 30.4 Å². The maximum absolute atomic E-state index is 11.4. The van der Waals surface area contributed by atoms with E-state index in [-0.39, 0.29) is 41.2 Å². The summed E-state index contributed by atoms with van der Waals surface area (Å²) in [7, 11) is -2.95. The van der Waals surface area contributed by atoms with Crippen molar-refractivity contribution in [3.05, 3.63) is 34.9 Å². The van der Waals surface area contributed by atoms with Gasteiger partial charge in [-0.15, -0.1) is 24.0 Å². The Labute approximate surface area is 192 Å². The second kappa shape index (κ2) is 11.6. The first-order valence-electron chi connectivity index (χ1n) is 9.73. The molecule has 160 valence electrons. The van der Waals surface area contributed by atoms with Crippen molar-refractivity contribution in [1.29, 1.82) is 0 Å². The molecule has 1 aliphatic rings. The van der Waals surface area contributed by atoms with Gasteiger partial charge in [0.2, 0.25) is 0 Å². The lowest BCUT2D eigenvalue weighted by atomic mass is 9.79. The average molecular weight is 542 g/mol. The summed E-state index contributed by atoms with van der Waals surface area (Å²) in [6.45, 7) is 5.49. The number of benzene rings is 1. The average Bonchev–Trinajstić information content (AvgIpc) is 3.08. The number of sulfone groups is 1. The molecule has 1 aromatic rings. The molecule has 0 spiro atoms. The number of hydrogen-bond acceptors (Lipinski definition) is 3. The summed E-state index contributed by atoms with van der Waals surface area (Å²) < 4.78 is 22.8. The normalized spacial score (nSPS) is 17.6. The maximum atomic E-state index is 11.4. The van der Waals surface area contributed by atoms with Crippen LogP contribution in [0.1, 0.15) is 51.5 Å². The molecule has 2 N–H and O–H groups in total. The summed E-state index contributed by atoms with van der Waals surface area (Å²) in [5.41, 5.74) is 1.36. The predicted molar refractivity (Wildman–Crippen MR) is 130 cm³/mol. The van der Waals surface area contributed by atoms with E-state index in [1.807, 2.05) is 26.0 Å². The van der Waals surface area contributed by atoms with Gasteiger partial charge in [0, 0.05) is 29.3 Å². The number of nitrogens with zero attached hydrogens (tertiary/aromatic N) is 1. The van der Waals surface area contributed by atoms with Gasteiger partial charge < -0.3 is 10.6 Å². The van der Waals surface area contributed by atoms with Gasteiger partial charge in [-0.2, -0.15) is 0 Å². The van der Waals surface area contributed by atoms with Crippen LogP contribution < -0.4 is 10.6 Å². The monoisotopic (exact) mass is 541 g/mol. The van der Waals surface area contributed by atoms with Crippen LogP contribution in [0.2, 0.25) is 5.02 Å². The van der Waals surface area contributed by atoms with Gasteiger partial charge in [-0.3, -0.25) is 4.99 Å². The van der Waals surface area contributed by atoms with E-state index in [1.165, 1.54) is 24.7 Å². The summed E-state index contributed by atoms with van der Waals surface area (Å²) in [4.78, 5) is 4.86. The third kappa shape index (κ3) is 8.06. The third-order valence-electron chi connectivity index (χ3n) is 5.21. The molecule has 1 unspecified atom stereocenters. The quantitative estimate of drug-likeness (QED) is 0.295. The lowest BCUT2D eigenvalue weighted by Crippen LogP contribution is -2.43. The first-order chi connectivity index (χ1) is 12.7. The summed E-state index contributed by atoms with van der Waals surface area (Å²) in [5.74, 6) is 0.925. The minimum atomic E-state index is -2.95. The summed E-state index contributed by atoms with van der Waals surface area (Å²) in [6, 6.07) is 8.19. The number of aliphatic imine (C=N–C) groups is 1. The van der Waals surface area contributed by atoms with E-state index >= 15 is 0 Å². The van der Waals surface area contributed by atoms with Gasteiger partial charge in [-0.05, 0) is 50.8 Å². The number of hydrogen-bond donors (Lipinski definition) is 2. The van der Waals surface area contributed by atoms with Crippen molar-refractivity contribution < 1.29 is 8.42 Å². The van der Waals surface area contributed by atoms with Crippen LogP contribution >= 0.6 is 35.6 Å². The topological polar surface area (TPSA) is 70.6 Å². The Kier molecular flexibility index (Phi) is 10.6. The van der Waals surface area contributed by atoms with Crippen LogP contribution in [0.3, 0.4) is 0 Å². The first kappa shape index (κ1) is 25.5. The fourth-order valence-corrected chi connectivity index (χ4v) is 4.55. The zero-order valence-corrected chi connectivity index (χ0v) is 20.9. The number of nitrogens with one attached hydrogen (secondary N) is 2. The van der Waals surface area contributed by atoms with Crippen molar-refractivity contribution >= 4 is 51.4 Å². The summed E-state index contributed by atoms with van der Waals surface area (Å²) in [6.07, 6.45) is 6.52. The van der Waals surface area contributed by atoms with E-state index in [2.05, 4.69) is 22.8 Å². The molecule has 1 aliphatic carbocycles.